The highest BCUT2D eigenvalue weighted by Crippen LogP contribution is 2.14. The van der Waals surface area contributed by atoms with Gasteiger partial charge in [-0.25, -0.2) is 13.1 Å². The Balaban J connectivity index is 0.00000361. The minimum Gasteiger partial charge on any atom is -0.353 e. The van der Waals surface area contributed by atoms with E-state index in [1.807, 2.05) is 6.92 Å². The zero-order valence-corrected chi connectivity index (χ0v) is 13.6. The summed E-state index contributed by atoms with van der Waals surface area (Å²) in [7, 11) is -3.46. The Bertz CT molecular complexity index is 491. The third kappa shape index (κ3) is 6.19. The standard InChI is InChI=1S/C11H19N3O3S2.ClH/c1-2-4-9(12)11(15)13-6-7-14-19(16,17)10-5-3-8-18-10;/h3,5,8-9,14H,2,4,6-7,12H2,1H3,(H,13,15);1H. The number of sulfonamides is 1. The van der Waals surface area contributed by atoms with E-state index in [2.05, 4.69) is 10.0 Å². The number of rotatable bonds is 8. The molecule has 0 aromatic carbocycles. The van der Waals surface area contributed by atoms with E-state index >= 15 is 0 Å². The van der Waals surface area contributed by atoms with E-state index in [4.69, 9.17) is 5.73 Å². The van der Waals surface area contributed by atoms with Crippen molar-refractivity contribution in [1.82, 2.24) is 10.0 Å². The predicted octanol–water partition coefficient (Wildman–Crippen LogP) is 0.692. The van der Waals surface area contributed by atoms with Crippen LogP contribution in [0.15, 0.2) is 21.7 Å². The van der Waals surface area contributed by atoms with Crippen LogP contribution in [0.25, 0.3) is 0 Å². The summed E-state index contributed by atoms with van der Waals surface area (Å²) < 4.78 is 26.2. The van der Waals surface area contributed by atoms with Gasteiger partial charge in [-0.15, -0.1) is 23.7 Å². The minimum atomic E-state index is -3.46. The van der Waals surface area contributed by atoms with Crippen molar-refractivity contribution in [2.24, 2.45) is 5.73 Å². The van der Waals surface area contributed by atoms with Crippen LogP contribution in [0.1, 0.15) is 19.8 Å². The Labute approximate surface area is 129 Å². The summed E-state index contributed by atoms with van der Waals surface area (Å²) in [5, 5.41) is 4.29. The van der Waals surface area contributed by atoms with Gasteiger partial charge in [0.05, 0.1) is 6.04 Å². The first-order valence-corrected chi connectivity index (χ1v) is 8.40. The van der Waals surface area contributed by atoms with Gasteiger partial charge in [0.1, 0.15) is 4.21 Å². The van der Waals surface area contributed by atoms with Crippen LogP contribution in [-0.4, -0.2) is 33.5 Å². The average molecular weight is 342 g/mol. The summed E-state index contributed by atoms with van der Waals surface area (Å²) in [6, 6.07) is 2.67. The van der Waals surface area contributed by atoms with Crippen molar-refractivity contribution in [2.45, 2.75) is 30.0 Å². The van der Waals surface area contributed by atoms with Crippen LogP contribution in [0.3, 0.4) is 0 Å². The summed E-state index contributed by atoms with van der Waals surface area (Å²) >= 11 is 1.15. The molecular formula is C11H20ClN3O3S2. The lowest BCUT2D eigenvalue weighted by atomic mass is 10.2. The van der Waals surface area contributed by atoms with Gasteiger partial charge in [-0.3, -0.25) is 4.79 Å². The fourth-order valence-electron chi connectivity index (χ4n) is 1.43. The van der Waals surface area contributed by atoms with Gasteiger partial charge in [0.2, 0.25) is 15.9 Å². The smallest absolute Gasteiger partial charge is 0.250 e. The molecule has 1 aromatic rings. The number of nitrogens with one attached hydrogen (secondary N) is 2. The van der Waals surface area contributed by atoms with Crippen LogP contribution in [0, 0.1) is 0 Å². The van der Waals surface area contributed by atoms with E-state index < -0.39 is 16.1 Å². The van der Waals surface area contributed by atoms with Gasteiger partial charge in [-0.2, -0.15) is 0 Å². The summed E-state index contributed by atoms with van der Waals surface area (Å²) in [4.78, 5) is 11.5. The molecule has 0 saturated heterocycles. The predicted molar refractivity (Wildman–Crippen MR) is 82.6 cm³/mol. The lowest BCUT2D eigenvalue weighted by molar-refractivity contribution is -0.122. The van der Waals surface area contributed by atoms with Crippen molar-refractivity contribution in [2.75, 3.05) is 13.1 Å². The highest BCUT2D eigenvalue weighted by Gasteiger charge is 2.15. The topological polar surface area (TPSA) is 101 Å². The molecule has 4 N–H and O–H groups in total. The average Bonchev–Trinajstić information content (AvgIpc) is 2.89. The lowest BCUT2D eigenvalue weighted by Crippen LogP contribution is -2.43. The van der Waals surface area contributed by atoms with Gasteiger partial charge in [0.15, 0.2) is 0 Å². The highest BCUT2D eigenvalue weighted by atomic mass is 35.5. The Kier molecular flexibility index (Phi) is 8.99. The molecule has 1 amide bonds. The van der Waals surface area contributed by atoms with E-state index in [0.29, 0.717) is 6.42 Å². The second kappa shape index (κ2) is 9.30. The van der Waals surface area contributed by atoms with Crippen molar-refractivity contribution in [1.29, 1.82) is 0 Å². The molecule has 0 aliphatic carbocycles. The van der Waals surface area contributed by atoms with E-state index in [1.165, 1.54) is 6.07 Å². The monoisotopic (exact) mass is 341 g/mol. The fourth-order valence-corrected chi connectivity index (χ4v) is 3.50. The molecule has 1 heterocycles. The molecule has 0 fully saturated rings. The molecule has 0 spiro atoms. The molecule has 0 aliphatic heterocycles. The van der Waals surface area contributed by atoms with Crippen LogP contribution in [-0.2, 0) is 14.8 Å². The number of nitrogens with two attached hydrogens (primary N) is 1. The van der Waals surface area contributed by atoms with Crippen LogP contribution in [0.5, 0.6) is 0 Å². The van der Waals surface area contributed by atoms with E-state index in [9.17, 15) is 13.2 Å². The van der Waals surface area contributed by atoms with Crippen molar-refractivity contribution in [3.8, 4) is 0 Å². The van der Waals surface area contributed by atoms with Gasteiger partial charge in [0, 0.05) is 13.1 Å². The van der Waals surface area contributed by atoms with Gasteiger partial charge < -0.3 is 11.1 Å². The summed E-state index contributed by atoms with van der Waals surface area (Å²) in [6.45, 7) is 2.31. The van der Waals surface area contributed by atoms with Crippen LogP contribution >= 0.6 is 23.7 Å². The molecule has 20 heavy (non-hydrogen) atoms. The maximum atomic E-state index is 11.7. The second-order valence-electron chi connectivity index (χ2n) is 4.02. The number of thiophene rings is 1. The molecule has 1 rings (SSSR count). The van der Waals surface area contributed by atoms with Crippen LogP contribution < -0.4 is 15.8 Å². The summed E-state index contributed by atoms with van der Waals surface area (Å²) in [5.74, 6) is -0.253. The van der Waals surface area contributed by atoms with E-state index in [-0.39, 0.29) is 35.6 Å². The number of carbonyl (C=O) groups is 1. The van der Waals surface area contributed by atoms with E-state index in [0.717, 1.165) is 17.8 Å². The minimum absolute atomic E-state index is 0. The molecule has 1 aromatic heterocycles. The first kappa shape index (κ1) is 19.3. The second-order valence-corrected chi connectivity index (χ2v) is 6.96. The third-order valence-electron chi connectivity index (χ3n) is 2.41. The lowest BCUT2D eigenvalue weighted by Gasteiger charge is -2.11. The Morgan fingerprint density at radius 1 is 1.45 bits per heavy atom. The zero-order chi connectivity index (χ0) is 14.3. The first-order chi connectivity index (χ1) is 8.97. The number of carbonyl (C=O) groups excluding carboxylic acids is 1. The Hall–Kier alpha value is -0.670. The molecule has 0 aliphatic rings. The van der Waals surface area contributed by atoms with Gasteiger partial charge in [-0.05, 0) is 17.9 Å². The van der Waals surface area contributed by atoms with Crippen molar-refractivity contribution < 1.29 is 13.2 Å². The number of hydrogen-bond donors (Lipinski definition) is 3. The van der Waals surface area contributed by atoms with Gasteiger partial charge in [-0.1, -0.05) is 19.4 Å². The first-order valence-electron chi connectivity index (χ1n) is 6.04. The van der Waals surface area contributed by atoms with Crippen LogP contribution in [0.4, 0.5) is 0 Å². The molecule has 1 atom stereocenters. The molecule has 116 valence electrons. The zero-order valence-electron chi connectivity index (χ0n) is 11.2. The van der Waals surface area contributed by atoms with Gasteiger partial charge in [0.25, 0.3) is 0 Å². The number of halogens is 1. The maximum absolute atomic E-state index is 11.7. The third-order valence-corrected chi connectivity index (χ3v) is 5.27. The van der Waals surface area contributed by atoms with Crippen molar-refractivity contribution in [3.05, 3.63) is 17.5 Å². The van der Waals surface area contributed by atoms with Gasteiger partial charge >= 0.3 is 0 Å². The summed E-state index contributed by atoms with van der Waals surface area (Å²) in [6.07, 6.45) is 1.45. The largest absolute Gasteiger partial charge is 0.353 e. The molecule has 1 unspecified atom stereocenters. The molecule has 0 saturated carbocycles. The van der Waals surface area contributed by atoms with Crippen molar-refractivity contribution in [3.63, 3.8) is 0 Å². The Morgan fingerprint density at radius 2 is 2.15 bits per heavy atom. The molecule has 9 heteroatoms. The highest BCUT2D eigenvalue weighted by molar-refractivity contribution is 7.91. The molecular weight excluding hydrogens is 322 g/mol. The molecule has 0 radical (unpaired) electrons. The van der Waals surface area contributed by atoms with Crippen LogP contribution in [0.2, 0.25) is 0 Å². The Morgan fingerprint density at radius 3 is 2.70 bits per heavy atom. The number of hydrogen-bond acceptors (Lipinski definition) is 5. The van der Waals surface area contributed by atoms with Crippen molar-refractivity contribution >= 4 is 39.7 Å². The van der Waals surface area contributed by atoms with E-state index in [1.54, 1.807) is 11.4 Å². The molecule has 0 bridgehead atoms. The normalized spacial score (nSPS) is 12.5. The molecule has 6 nitrogen and oxygen atoms in total. The summed E-state index contributed by atoms with van der Waals surface area (Å²) in [5.41, 5.74) is 5.62. The number of amides is 1. The SMILES string of the molecule is CCCC(N)C(=O)NCCNS(=O)(=O)c1cccs1.Cl. The quantitative estimate of drug-likeness (QED) is 0.605. The fraction of sp³-hybridized carbons (Fsp3) is 0.545. The maximum Gasteiger partial charge on any atom is 0.250 e.